The first-order chi connectivity index (χ1) is 4.97. The third kappa shape index (κ3) is 0.798. The molecular formula is C9H7O. The number of fused-ring (bicyclic) bond motifs is 1. The van der Waals surface area contributed by atoms with Gasteiger partial charge >= 0.3 is 0 Å². The highest BCUT2D eigenvalue weighted by atomic mass is 16.5. The summed E-state index contributed by atoms with van der Waals surface area (Å²) in [6.07, 6.45) is 13.5. The molecule has 1 aliphatic carbocycles. The summed E-state index contributed by atoms with van der Waals surface area (Å²) in [5.74, 6) is 0.935. The number of hydrogen-bond donors (Lipinski definition) is 0. The van der Waals surface area contributed by atoms with Crippen molar-refractivity contribution in [2.24, 2.45) is 0 Å². The molecule has 0 spiro atoms. The zero-order valence-electron chi connectivity index (χ0n) is 5.50. The van der Waals surface area contributed by atoms with Gasteiger partial charge in [-0.3, -0.25) is 0 Å². The lowest BCUT2D eigenvalue weighted by Crippen LogP contribution is -1.97. The van der Waals surface area contributed by atoms with Gasteiger partial charge in [-0.15, -0.1) is 0 Å². The van der Waals surface area contributed by atoms with Crippen molar-refractivity contribution in [2.45, 2.75) is 6.42 Å². The molecule has 0 bridgehead atoms. The molecule has 0 saturated heterocycles. The van der Waals surface area contributed by atoms with E-state index in [0.29, 0.717) is 0 Å². The maximum atomic E-state index is 5.12. The van der Waals surface area contributed by atoms with E-state index in [2.05, 4.69) is 12.3 Å². The van der Waals surface area contributed by atoms with E-state index in [1.165, 1.54) is 5.57 Å². The molecule has 1 heteroatoms. The van der Waals surface area contributed by atoms with Crippen molar-refractivity contribution in [3.05, 3.63) is 48.0 Å². The smallest absolute Gasteiger partial charge is 0.169 e. The van der Waals surface area contributed by atoms with Crippen molar-refractivity contribution in [1.82, 2.24) is 0 Å². The largest absolute Gasteiger partial charge is 0.453 e. The fraction of sp³-hybridized carbons (Fsp3) is 0.111. The minimum Gasteiger partial charge on any atom is -0.453 e. The molecule has 0 unspecified atom stereocenters. The van der Waals surface area contributed by atoms with Crippen molar-refractivity contribution < 1.29 is 4.74 Å². The lowest BCUT2D eigenvalue weighted by Gasteiger charge is -2.13. The molecule has 10 heavy (non-hydrogen) atoms. The van der Waals surface area contributed by atoms with Crippen LogP contribution in [0.2, 0.25) is 0 Å². The molecule has 0 atom stereocenters. The Balaban J connectivity index is 2.38. The topological polar surface area (TPSA) is 9.23 Å². The van der Waals surface area contributed by atoms with Gasteiger partial charge in [0.2, 0.25) is 0 Å². The fourth-order valence-corrected chi connectivity index (χ4v) is 1.04. The lowest BCUT2D eigenvalue weighted by molar-refractivity contribution is 0.329. The van der Waals surface area contributed by atoms with Gasteiger partial charge in [-0.05, 0) is 24.1 Å². The van der Waals surface area contributed by atoms with E-state index < -0.39 is 0 Å². The van der Waals surface area contributed by atoms with Gasteiger partial charge < -0.3 is 4.74 Å². The van der Waals surface area contributed by atoms with Crippen molar-refractivity contribution in [1.29, 1.82) is 0 Å². The predicted molar refractivity (Wildman–Crippen MR) is 38.8 cm³/mol. The highest BCUT2D eigenvalue weighted by Crippen LogP contribution is 2.22. The summed E-state index contributed by atoms with van der Waals surface area (Å²) in [7, 11) is 0. The Bertz CT molecular complexity index is 226. The molecule has 1 heterocycles. The molecule has 0 aromatic carbocycles. The normalized spacial score (nSPS) is 20.8. The highest BCUT2D eigenvalue weighted by molar-refractivity contribution is 5.38. The molecule has 0 aromatic heterocycles. The minimum atomic E-state index is 0.935. The third-order valence-electron chi connectivity index (χ3n) is 1.56. The molecule has 1 nitrogen and oxygen atoms in total. The number of hydrogen-bond acceptors (Lipinski definition) is 1. The Morgan fingerprint density at radius 2 is 2.40 bits per heavy atom. The van der Waals surface area contributed by atoms with Crippen LogP contribution in [0.1, 0.15) is 6.42 Å². The number of rotatable bonds is 0. The average molecular weight is 131 g/mol. The molecule has 49 valence electrons. The summed E-state index contributed by atoms with van der Waals surface area (Å²) in [5, 5.41) is 0. The molecule has 2 aliphatic rings. The van der Waals surface area contributed by atoms with Crippen LogP contribution in [-0.4, -0.2) is 0 Å². The van der Waals surface area contributed by atoms with E-state index in [0.717, 1.165) is 12.2 Å². The van der Waals surface area contributed by atoms with Gasteiger partial charge in [-0.25, -0.2) is 0 Å². The first kappa shape index (κ1) is 5.54. The zero-order valence-corrected chi connectivity index (χ0v) is 5.50. The Labute approximate surface area is 60.0 Å². The maximum absolute atomic E-state index is 5.12. The predicted octanol–water partition coefficient (Wildman–Crippen LogP) is 2.10. The zero-order chi connectivity index (χ0) is 6.81. The van der Waals surface area contributed by atoms with E-state index >= 15 is 0 Å². The van der Waals surface area contributed by atoms with Gasteiger partial charge in [-0.2, -0.15) is 0 Å². The Morgan fingerprint density at radius 3 is 3.30 bits per heavy atom. The molecule has 0 N–H and O–H groups in total. The van der Waals surface area contributed by atoms with Crippen molar-refractivity contribution in [3.63, 3.8) is 0 Å². The monoisotopic (exact) mass is 131 g/mol. The average Bonchev–Trinajstić information content (AvgIpc) is 2.05. The molecule has 0 amide bonds. The van der Waals surface area contributed by atoms with Gasteiger partial charge in [0.15, 0.2) is 6.26 Å². The third-order valence-corrected chi connectivity index (χ3v) is 1.56. The first-order valence-electron chi connectivity index (χ1n) is 3.29. The van der Waals surface area contributed by atoms with Crippen LogP contribution in [0.3, 0.4) is 0 Å². The SMILES string of the molecule is [C]1=CC=C2CC=CC=C2O1. The van der Waals surface area contributed by atoms with Crippen molar-refractivity contribution in [3.8, 4) is 0 Å². The fourth-order valence-electron chi connectivity index (χ4n) is 1.04. The van der Waals surface area contributed by atoms with Gasteiger partial charge in [0.25, 0.3) is 0 Å². The minimum absolute atomic E-state index is 0.935. The van der Waals surface area contributed by atoms with Gasteiger partial charge in [0, 0.05) is 0 Å². The molecule has 1 radical (unpaired) electrons. The van der Waals surface area contributed by atoms with Crippen LogP contribution in [-0.2, 0) is 4.74 Å². The second-order valence-corrected chi connectivity index (χ2v) is 2.24. The van der Waals surface area contributed by atoms with Crippen LogP contribution in [0.25, 0.3) is 0 Å². The molecule has 0 fully saturated rings. The molecule has 0 aromatic rings. The van der Waals surface area contributed by atoms with Crippen LogP contribution >= 0.6 is 0 Å². The van der Waals surface area contributed by atoms with E-state index in [9.17, 15) is 0 Å². The van der Waals surface area contributed by atoms with Gasteiger partial charge in [-0.1, -0.05) is 18.2 Å². The Kier molecular flexibility index (Phi) is 1.21. The molecule has 1 aliphatic heterocycles. The van der Waals surface area contributed by atoms with Crippen molar-refractivity contribution >= 4 is 0 Å². The summed E-state index contributed by atoms with van der Waals surface area (Å²) in [4.78, 5) is 0. The van der Waals surface area contributed by atoms with Crippen LogP contribution < -0.4 is 0 Å². The lowest BCUT2D eigenvalue weighted by atomic mass is 10.0. The Morgan fingerprint density at radius 1 is 1.40 bits per heavy atom. The van der Waals surface area contributed by atoms with Gasteiger partial charge in [0.05, 0.1) is 0 Å². The number of ether oxygens (including phenoxy) is 1. The van der Waals surface area contributed by atoms with Crippen LogP contribution in [0.4, 0.5) is 0 Å². The van der Waals surface area contributed by atoms with E-state index in [1.54, 1.807) is 6.08 Å². The highest BCUT2D eigenvalue weighted by Gasteiger charge is 2.08. The summed E-state index contributed by atoms with van der Waals surface area (Å²) in [6, 6.07) is 0. The van der Waals surface area contributed by atoms with Crippen LogP contribution in [0.5, 0.6) is 0 Å². The number of allylic oxidation sites excluding steroid dienone is 6. The second-order valence-electron chi connectivity index (χ2n) is 2.24. The summed E-state index contributed by atoms with van der Waals surface area (Å²) < 4.78 is 5.12. The van der Waals surface area contributed by atoms with Gasteiger partial charge in [0.1, 0.15) is 5.76 Å². The van der Waals surface area contributed by atoms with Crippen LogP contribution in [0, 0.1) is 6.26 Å². The molecular weight excluding hydrogens is 124 g/mol. The molecule has 0 saturated carbocycles. The van der Waals surface area contributed by atoms with E-state index in [-0.39, 0.29) is 0 Å². The quantitative estimate of drug-likeness (QED) is 0.489. The van der Waals surface area contributed by atoms with E-state index in [4.69, 9.17) is 4.74 Å². The summed E-state index contributed by atoms with van der Waals surface area (Å²) >= 11 is 0. The van der Waals surface area contributed by atoms with Crippen molar-refractivity contribution in [2.75, 3.05) is 0 Å². The summed E-state index contributed by atoms with van der Waals surface area (Å²) in [6.45, 7) is 0. The van der Waals surface area contributed by atoms with E-state index in [1.807, 2.05) is 18.2 Å². The summed E-state index contributed by atoms with van der Waals surface area (Å²) in [5.41, 5.74) is 1.24. The van der Waals surface area contributed by atoms with Crippen LogP contribution in [0.15, 0.2) is 41.7 Å². The first-order valence-corrected chi connectivity index (χ1v) is 3.29. The maximum Gasteiger partial charge on any atom is 0.169 e. The standard InChI is InChI=1S/C9H7O/c1-2-6-9-8(4-1)5-3-7-10-9/h1-3,5-6H,4H2. The second kappa shape index (κ2) is 2.18. The Hall–Kier alpha value is -1.24. The molecule has 2 rings (SSSR count).